The number of hydrogen-bond donors (Lipinski definition) is 1. The van der Waals surface area contributed by atoms with Crippen LogP contribution in [0.1, 0.15) is 28.8 Å². The van der Waals surface area contributed by atoms with Crippen molar-refractivity contribution in [2.24, 2.45) is 5.92 Å². The summed E-state index contributed by atoms with van der Waals surface area (Å²) in [7, 11) is 0. The highest BCUT2D eigenvalue weighted by molar-refractivity contribution is 5.89. The monoisotopic (exact) mass is 325 g/mol. The van der Waals surface area contributed by atoms with E-state index in [1.54, 1.807) is 0 Å². The van der Waals surface area contributed by atoms with Gasteiger partial charge in [0.1, 0.15) is 6.61 Å². The fourth-order valence-electron chi connectivity index (χ4n) is 2.99. The largest absolute Gasteiger partial charge is 0.457 e. The number of aliphatic hydroxyl groups excluding tert-OH is 1. The molecule has 0 atom stereocenters. The molecule has 126 valence electrons. The van der Waals surface area contributed by atoms with E-state index in [0.29, 0.717) is 11.5 Å². The SMILES string of the molecule is O=C(OCc1ccccc1)c1ccc(N2CCC(CO)CC2)cc1. The Morgan fingerprint density at radius 1 is 1.04 bits per heavy atom. The van der Waals surface area contributed by atoms with Crippen molar-refractivity contribution in [1.29, 1.82) is 0 Å². The highest BCUT2D eigenvalue weighted by Gasteiger charge is 2.19. The van der Waals surface area contributed by atoms with Gasteiger partial charge in [-0.2, -0.15) is 0 Å². The first-order valence-electron chi connectivity index (χ1n) is 8.43. The second-order valence-corrected chi connectivity index (χ2v) is 6.22. The summed E-state index contributed by atoms with van der Waals surface area (Å²) in [4.78, 5) is 14.4. The Morgan fingerprint density at radius 3 is 2.33 bits per heavy atom. The molecule has 4 heteroatoms. The van der Waals surface area contributed by atoms with Crippen molar-refractivity contribution in [3.05, 3.63) is 65.7 Å². The van der Waals surface area contributed by atoms with E-state index in [1.165, 1.54) is 0 Å². The van der Waals surface area contributed by atoms with Crippen molar-refractivity contribution in [3.8, 4) is 0 Å². The number of rotatable bonds is 5. The van der Waals surface area contributed by atoms with Crippen LogP contribution >= 0.6 is 0 Å². The molecule has 2 aromatic carbocycles. The van der Waals surface area contributed by atoms with E-state index < -0.39 is 0 Å². The Bertz CT molecular complexity index is 646. The molecule has 0 spiro atoms. The molecule has 1 fully saturated rings. The summed E-state index contributed by atoms with van der Waals surface area (Å²) in [5.41, 5.74) is 2.67. The Morgan fingerprint density at radius 2 is 1.71 bits per heavy atom. The molecule has 0 saturated carbocycles. The minimum atomic E-state index is -0.301. The summed E-state index contributed by atoms with van der Waals surface area (Å²) >= 11 is 0. The van der Waals surface area contributed by atoms with Crippen LogP contribution in [-0.2, 0) is 11.3 Å². The van der Waals surface area contributed by atoms with E-state index in [4.69, 9.17) is 4.74 Å². The van der Waals surface area contributed by atoms with Gasteiger partial charge >= 0.3 is 5.97 Å². The molecule has 1 aliphatic rings. The van der Waals surface area contributed by atoms with Crippen molar-refractivity contribution in [2.45, 2.75) is 19.4 Å². The van der Waals surface area contributed by atoms with E-state index in [-0.39, 0.29) is 19.2 Å². The lowest BCUT2D eigenvalue weighted by atomic mass is 9.97. The lowest BCUT2D eigenvalue weighted by Gasteiger charge is -2.32. The fraction of sp³-hybridized carbons (Fsp3) is 0.350. The number of ether oxygens (including phenoxy) is 1. The maximum atomic E-state index is 12.1. The van der Waals surface area contributed by atoms with Crippen LogP contribution in [0.2, 0.25) is 0 Å². The average Bonchev–Trinajstić information content (AvgIpc) is 2.67. The highest BCUT2D eigenvalue weighted by Crippen LogP contribution is 2.23. The van der Waals surface area contributed by atoms with Gasteiger partial charge in [0.2, 0.25) is 0 Å². The van der Waals surface area contributed by atoms with E-state index in [9.17, 15) is 9.90 Å². The number of carbonyl (C=O) groups excluding carboxylic acids is 1. The zero-order chi connectivity index (χ0) is 16.8. The average molecular weight is 325 g/mol. The summed E-state index contributed by atoms with van der Waals surface area (Å²) in [5, 5.41) is 9.21. The van der Waals surface area contributed by atoms with Crippen LogP contribution in [0.3, 0.4) is 0 Å². The molecular formula is C20H23NO3. The number of nitrogens with zero attached hydrogens (tertiary/aromatic N) is 1. The van der Waals surface area contributed by atoms with Gasteiger partial charge in [-0.1, -0.05) is 30.3 Å². The predicted octanol–water partition coefficient (Wildman–Crippen LogP) is 3.25. The second-order valence-electron chi connectivity index (χ2n) is 6.22. The Balaban J connectivity index is 1.55. The smallest absolute Gasteiger partial charge is 0.338 e. The molecule has 1 N–H and O–H groups in total. The van der Waals surface area contributed by atoms with Crippen LogP contribution in [0.25, 0.3) is 0 Å². The topological polar surface area (TPSA) is 49.8 Å². The zero-order valence-electron chi connectivity index (χ0n) is 13.7. The van der Waals surface area contributed by atoms with Gasteiger partial charge in [-0.25, -0.2) is 4.79 Å². The molecule has 0 aromatic heterocycles. The summed E-state index contributed by atoms with van der Waals surface area (Å²) in [6.45, 7) is 2.46. The van der Waals surface area contributed by atoms with E-state index >= 15 is 0 Å². The number of carbonyl (C=O) groups is 1. The zero-order valence-corrected chi connectivity index (χ0v) is 13.7. The van der Waals surface area contributed by atoms with Crippen LogP contribution in [0.4, 0.5) is 5.69 Å². The molecule has 1 saturated heterocycles. The summed E-state index contributed by atoms with van der Waals surface area (Å²) in [5.74, 6) is 0.123. The molecule has 0 radical (unpaired) electrons. The third-order valence-corrected chi connectivity index (χ3v) is 4.55. The second kappa shape index (κ2) is 7.97. The Labute approximate surface area is 142 Å². The quantitative estimate of drug-likeness (QED) is 0.857. The normalized spacial score (nSPS) is 15.3. The molecule has 2 aromatic rings. The number of esters is 1. The van der Waals surface area contributed by atoms with E-state index in [2.05, 4.69) is 4.90 Å². The molecule has 1 aliphatic heterocycles. The standard InChI is InChI=1S/C20H23NO3/c22-14-16-10-12-21(13-11-16)19-8-6-18(7-9-19)20(23)24-15-17-4-2-1-3-5-17/h1-9,16,22H,10-15H2. The van der Waals surface area contributed by atoms with Crippen LogP contribution in [0.15, 0.2) is 54.6 Å². The van der Waals surface area contributed by atoms with Gasteiger partial charge in [-0.05, 0) is 48.6 Å². The first-order chi connectivity index (χ1) is 11.8. The summed E-state index contributed by atoms with van der Waals surface area (Å²) in [6.07, 6.45) is 2.02. The molecule has 0 unspecified atom stereocenters. The van der Waals surface area contributed by atoms with Gasteiger partial charge < -0.3 is 14.7 Å². The third-order valence-electron chi connectivity index (χ3n) is 4.55. The minimum absolute atomic E-state index is 0.278. The van der Waals surface area contributed by atoms with Gasteiger partial charge in [0.05, 0.1) is 5.56 Å². The van der Waals surface area contributed by atoms with Gasteiger partial charge in [0.15, 0.2) is 0 Å². The fourth-order valence-corrected chi connectivity index (χ4v) is 2.99. The molecule has 24 heavy (non-hydrogen) atoms. The van der Waals surface area contributed by atoms with Gasteiger partial charge in [0, 0.05) is 25.4 Å². The molecular weight excluding hydrogens is 302 g/mol. The lowest BCUT2D eigenvalue weighted by molar-refractivity contribution is 0.0472. The first kappa shape index (κ1) is 16.5. The van der Waals surface area contributed by atoms with E-state index in [1.807, 2.05) is 54.6 Å². The van der Waals surface area contributed by atoms with Gasteiger partial charge in [-0.15, -0.1) is 0 Å². The summed E-state index contributed by atoms with van der Waals surface area (Å²) in [6, 6.07) is 17.3. The molecule has 0 amide bonds. The summed E-state index contributed by atoms with van der Waals surface area (Å²) < 4.78 is 5.35. The first-order valence-corrected chi connectivity index (χ1v) is 8.43. The van der Waals surface area contributed by atoms with Gasteiger partial charge in [0.25, 0.3) is 0 Å². The molecule has 4 nitrogen and oxygen atoms in total. The maximum Gasteiger partial charge on any atom is 0.338 e. The van der Waals surface area contributed by atoms with Crippen molar-refractivity contribution >= 4 is 11.7 Å². The Hall–Kier alpha value is -2.33. The molecule has 0 bridgehead atoms. The Kier molecular flexibility index (Phi) is 5.49. The minimum Gasteiger partial charge on any atom is -0.457 e. The molecule has 0 aliphatic carbocycles. The number of hydrogen-bond acceptors (Lipinski definition) is 4. The number of benzene rings is 2. The maximum absolute atomic E-state index is 12.1. The van der Waals surface area contributed by atoms with Crippen LogP contribution in [-0.4, -0.2) is 30.8 Å². The van der Waals surface area contributed by atoms with Crippen molar-refractivity contribution < 1.29 is 14.6 Å². The third kappa shape index (κ3) is 4.15. The van der Waals surface area contributed by atoms with Gasteiger partial charge in [-0.3, -0.25) is 0 Å². The van der Waals surface area contributed by atoms with Crippen molar-refractivity contribution in [1.82, 2.24) is 0 Å². The lowest BCUT2D eigenvalue weighted by Crippen LogP contribution is -2.34. The number of piperidine rings is 1. The van der Waals surface area contributed by atoms with Crippen LogP contribution in [0.5, 0.6) is 0 Å². The predicted molar refractivity (Wildman–Crippen MR) is 94.0 cm³/mol. The van der Waals surface area contributed by atoms with Crippen molar-refractivity contribution in [3.63, 3.8) is 0 Å². The highest BCUT2D eigenvalue weighted by atomic mass is 16.5. The van der Waals surface area contributed by atoms with E-state index in [0.717, 1.165) is 37.2 Å². The van der Waals surface area contributed by atoms with Crippen LogP contribution < -0.4 is 4.90 Å². The van der Waals surface area contributed by atoms with Crippen LogP contribution in [0, 0.1) is 5.92 Å². The molecule has 1 heterocycles. The number of aliphatic hydroxyl groups is 1. The van der Waals surface area contributed by atoms with Crippen molar-refractivity contribution in [2.75, 3.05) is 24.6 Å². The number of anilines is 1. The molecule has 3 rings (SSSR count).